The number of rotatable bonds is 5. The molecule has 0 spiro atoms. The molecule has 3 heterocycles. The average Bonchev–Trinajstić information content (AvgIpc) is 3.22. The van der Waals surface area contributed by atoms with Crippen LogP contribution in [0.4, 0.5) is 5.82 Å². The van der Waals surface area contributed by atoms with Crippen molar-refractivity contribution < 1.29 is 13.2 Å². The molecule has 4 rings (SSSR count). The standard InChI is InChI=1S/C19H17N3O3S2/c23-17-7-6-16-15(8-9-20-19(16)22-17)14-4-1-3-13(11-14)12-21-27(24,25)18-5-2-10-26-18/h1-5,8-11,21H,6-7,12H2,(H,20,22,23). The van der Waals surface area contributed by atoms with Crippen LogP contribution in [-0.2, 0) is 27.8 Å². The Morgan fingerprint density at radius 1 is 1.15 bits per heavy atom. The summed E-state index contributed by atoms with van der Waals surface area (Å²) < 4.78 is 27.5. The van der Waals surface area contributed by atoms with Gasteiger partial charge >= 0.3 is 0 Å². The van der Waals surface area contributed by atoms with E-state index in [-0.39, 0.29) is 12.5 Å². The third-order valence-corrected chi connectivity index (χ3v) is 7.18. The Kier molecular flexibility index (Phi) is 4.77. The van der Waals surface area contributed by atoms with E-state index in [1.165, 1.54) is 11.3 Å². The molecule has 1 aliphatic heterocycles. The van der Waals surface area contributed by atoms with Crippen molar-refractivity contribution in [2.75, 3.05) is 5.32 Å². The second kappa shape index (κ2) is 7.22. The SMILES string of the molecule is O=C1CCc2c(-c3cccc(CNS(=O)(=O)c4cccs4)c3)ccnc2N1. The molecule has 2 aromatic heterocycles. The van der Waals surface area contributed by atoms with Gasteiger partial charge in [-0.15, -0.1) is 11.3 Å². The van der Waals surface area contributed by atoms with Gasteiger partial charge in [-0.25, -0.2) is 18.1 Å². The Bertz CT molecular complexity index is 1090. The lowest BCUT2D eigenvalue weighted by Gasteiger charge is -2.19. The Labute approximate surface area is 161 Å². The molecular formula is C19H17N3O3S2. The maximum atomic E-state index is 12.3. The van der Waals surface area contributed by atoms with Crippen LogP contribution in [0.5, 0.6) is 0 Å². The summed E-state index contributed by atoms with van der Waals surface area (Å²) in [6, 6.07) is 12.9. The number of fused-ring (bicyclic) bond motifs is 1. The van der Waals surface area contributed by atoms with Gasteiger partial charge in [0.15, 0.2) is 0 Å². The van der Waals surface area contributed by atoms with Crippen molar-refractivity contribution in [2.45, 2.75) is 23.6 Å². The zero-order chi connectivity index (χ0) is 18.9. The highest BCUT2D eigenvalue weighted by Gasteiger charge is 2.20. The molecule has 0 fully saturated rings. The summed E-state index contributed by atoms with van der Waals surface area (Å²) in [6.07, 6.45) is 2.75. The highest BCUT2D eigenvalue weighted by Crippen LogP contribution is 2.31. The highest BCUT2D eigenvalue weighted by molar-refractivity contribution is 7.91. The number of pyridine rings is 1. The maximum absolute atomic E-state index is 12.3. The number of hydrogen-bond donors (Lipinski definition) is 2. The third kappa shape index (κ3) is 3.78. The second-order valence-corrected chi connectivity index (χ2v) is 9.13. The molecule has 1 aliphatic rings. The summed E-state index contributed by atoms with van der Waals surface area (Å²) in [6.45, 7) is 0.206. The fraction of sp³-hybridized carbons (Fsp3) is 0.158. The van der Waals surface area contributed by atoms with Gasteiger partial charge in [-0.3, -0.25) is 4.79 Å². The summed E-state index contributed by atoms with van der Waals surface area (Å²) in [5.74, 6) is 0.580. The molecule has 1 aromatic carbocycles. The molecule has 27 heavy (non-hydrogen) atoms. The number of nitrogens with zero attached hydrogens (tertiary/aromatic N) is 1. The molecule has 0 saturated heterocycles. The van der Waals surface area contributed by atoms with E-state index in [0.717, 1.165) is 22.3 Å². The number of anilines is 1. The van der Waals surface area contributed by atoms with Gasteiger partial charge in [-0.1, -0.05) is 24.3 Å². The zero-order valence-electron chi connectivity index (χ0n) is 14.3. The van der Waals surface area contributed by atoms with Crippen LogP contribution in [0.15, 0.2) is 58.3 Å². The van der Waals surface area contributed by atoms with Crippen LogP contribution in [0, 0.1) is 0 Å². The summed E-state index contributed by atoms with van der Waals surface area (Å²) in [7, 11) is -3.50. The first kappa shape index (κ1) is 17.8. The minimum absolute atomic E-state index is 0.0242. The number of hydrogen-bond acceptors (Lipinski definition) is 5. The Balaban J connectivity index is 1.59. The minimum atomic E-state index is -3.50. The lowest BCUT2D eigenvalue weighted by Crippen LogP contribution is -2.22. The summed E-state index contributed by atoms with van der Waals surface area (Å²) in [5.41, 5.74) is 3.84. The van der Waals surface area contributed by atoms with Gasteiger partial charge < -0.3 is 5.32 Å². The molecule has 0 atom stereocenters. The number of benzene rings is 1. The van der Waals surface area contributed by atoms with E-state index in [2.05, 4.69) is 15.0 Å². The Morgan fingerprint density at radius 3 is 2.85 bits per heavy atom. The number of amides is 1. The normalized spacial score (nSPS) is 13.9. The first-order chi connectivity index (χ1) is 13.0. The predicted octanol–water partition coefficient (Wildman–Crippen LogP) is 3.17. The largest absolute Gasteiger partial charge is 0.310 e. The Hall–Kier alpha value is -2.55. The second-order valence-electron chi connectivity index (χ2n) is 6.19. The number of carbonyl (C=O) groups is 1. The van der Waals surface area contributed by atoms with Crippen molar-refractivity contribution in [1.29, 1.82) is 0 Å². The molecule has 6 nitrogen and oxygen atoms in total. The zero-order valence-corrected chi connectivity index (χ0v) is 15.9. The van der Waals surface area contributed by atoms with Crippen LogP contribution >= 0.6 is 11.3 Å². The van der Waals surface area contributed by atoms with Crippen LogP contribution in [0.2, 0.25) is 0 Å². The van der Waals surface area contributed by atoms with Gasteiger partial charge in [0.25, 0.3) is 0 Å². The van der Waals surface area contributed by atoms with Gasteiger partial charge in [0.1, 0.15) is 10.0 Å². The average molecular weight is 399 g/mol. The lowest BCUT2D eigenvalue weighted by molar-refractivity contribution is -0.116. The van der Waals surface area contributed by atoms with Crippen molar-refractivity contribution in [3.63, 3.8) is 0 Å². The topological polar surface area (TPSA) is 88.2 Å². The van der Waals surface area contributed by atoms with Crippen LogP contribution in [0.3, 0.4) is 0 Å². The van der Waals surface area contributed by atoms with Gasteiger partial charge in [0, 0.05) is 24.7 Å². The summed E-state index contributed by atoms with van der Waals surface area (Å²) >= 11 is 1.19. The van der Waals surface area contributed by atoms with Crippen LogP contribution in [0.25, 0.3) is 11.1 Å². The first-order valence-corrected chi connectivity index (χ1v) is 10.8. The summed E-state index contributed by atoms with van der Waals surface area (Å²) in [4.78, 5) is 15.8. The van der Waals surface area contributed by atoms with E-state index in [0.29, 0.717) is 22.9 Å². The molecule has 8 heteroatoms. The van der Waals surface area contributed by atoms with Gasteiger partial charge in [-0.2, -0.15) is 0 Å². The van der Waals surface area contributed by atoms with E-state index in [4.69, 9.17) is 0 Å². The minimum Gasteiger partial charge on any atom is -0.310 e. The van der Waals surface area contributed by atoms with Crippen molar-refractivity contribution in [3.8, 4) is 11.1 Å². The number of nitrogens with one attached hydrogen (secondary N) is 2. The van der Waals surface area contributed by atoms with Crippen molar-refractivity contribution in [2.24, 2.45) is 0 Å². The molecule has 0 radical (unpaired) electrons. The number of aromatic nitrogens is 1. The van der Waals surface area contributed by atoms with Crippen molar-refractivity contribution in [3.05, 3.63) is 65.2 Å². The molecular weight excluding hydrogens is 382 g/mol. The van der Waals surface area contributed by atoms with E-state index in [1.807, 2.05) is 30.3 Å². The lowest BCUT2D eigenvalue weighted by atomic mass is 9.94. The third-order valence-electron chi connectivity index (χ3n) is 4.38. The molecule has 1 amide bonds. The van der Waals surface area contributed by atoms with Crippen LogP contribution in [0.1, 0.15) is 17.5 Å². The number of sulfonamides is 1. The van der Waals surface area contributed by atoms with E-state index < -0.39 is 10.0 Å². The monoisotopic (exact) mass is 399 g/mol. The summed E-state index contributed by atoms with van der Waals surface area (Å²) in [5, 5.41) is 4.54. The maximum Gasteiger partial charge on any atom is 0.250 e. The fourth-order valence-corrected chi connectivity index (χ4v) is 5.13. The van der Waals surface area contributed by atoms with Gasteiger partial charge in [0.05, 0.1) is 0 Å². The van der Waals surface area contributed by atoms with E-state index >= 15 is 0 Å². The number of carbonyl (C=O) groups excluding carboxylic acids is 1. The highest BCUT2D eigenvalue weighted by atomic mass is 32.2. The molecule has 138 valence electrons. The molecule has 0 bridgehead atoms. The van der Waals surface area contributed by atoms with Gasteiger partial charge in [0.2, 0.25) is 15.9 Å². The molecule has 0 aliphatic carbocycles. The number of thiophene rings is 1. The van der Waals surface area contributed by atoms with E-state index in [1.54, 1.807) is 23.7 Å². The first-order valence-electron chi connectivity index (χ1n) is 8.43. The fourth-order valence-electron chi connectivity index (χ4n) is 3.07. The van der Waals surface area contributed by atoms with Gasteiger partial charge in [-0.05, 0) is 46.7 Å². The smallest absolute Gasteiger partial charge is 0.250 e. The quantitative estimate of drug-likeness (QED) is 0.690. The molecule has 2 N–H and O–H groups in total. The van der Waals surface area contributed by atoms with Crippen molar-refractivity contribution in [1.82, 2.24) is 9.71 Å². The van der Waals surface area contributed by atoms with Crippen LogP contribution < -0.4 is 10.0 Å². The molecule has 0 unspecified atom stereocenters. The molecule has 0 saturated carbocycles. The molecule has 3 aromatic rings. The van der Waals surface area contributed by atoms with E-state index in [9.17, 15) is 13.2 Å². The Morgan fingerprint density at radius 2 is 2.04 bits per heavy atom. The van der Waals surface area contributed by atoms with Crippen LogP contribution in [-0.4, -0.2) is 19.3 Å². The van der Waals surface area contributed by atoms with Crippen molar-refractivity contribution >= 4 is 33.1 Å². The predicted molar refractivity (Wildman–Crippen MR) is 105 cm³/mol.